The van der Waals surface area contributed by atoms with E-state index in [0.29, 0.717) is 23.1 Å². The van der Waals surface area contributed by atoms with Crippen LogP contribution in [0.5, 0.6) is 5.75 Å². The van der Waals surface area contributed by atoms with Gasteiger partial charge in [0.15, 0.2) is 5.78 Å². The number of hydrogen-bond donors (Lipinski definition) is 0. The van der Waals surface area contributed by atoms with E-state index in [1.165, 1.54) is 0 Å². The first-order chi connectivity index (χ1) is 13.1. The quantitative estimate of drug-likeness (QED) is 0.478. The Bertz CT molecular complexity index is 1050. The molecular formula is C23H16Cl2O2. The molecule has 27 heavy (non-hydrogen) atoms. The Hall–Kier alpha value is -2.55. The third kappa shape index (κ3) is 3.92. The van der Waals surface area contributed by atoms with Crippen LogP contribution in [0.4, 0.5) is 0 Å². The molecule has 134 valence electrons. The molecular weight excluding hydrogens is 379 g/mol. The Morgan fingerprint density at radius 2 is 1.81 bits per heavy atom. The number of hydrogen-bond acceptors (Lipinski definition) is 2. The molecule has 4 rings (SSSR count). The van der Waals surface area contributed by atoms with E-state index in [9.17, 15) is 4.79 Å². The number of Topliss-reactive ketones (excluding diaryl/α,β-unsaturated/α-hetero) is 1. The fraction of sp³-hybridized carbons (Fsp3) is 0.0870. The Kier molecular flexibility index (Phi) is 5.02. The van der Waals surface area contributed by atoms with E-state index >= 15 is 0 Å². The van der Waals surface area contributed by atoms with Crippen LogP contribution in [-0.2, 0) is 13.0 Å². The minimum Gasteiger partial charge on any atom is -0.489 e. The first-order valence-electron chi connectivity index (χ1n) is 8.60. The maximum Gasteiger partial charge on any atom is 0.189 e. The molecule has 0 atom stereocenters. The number of halogens is 2. The van der Waals surface area contributed by atoms with Gasteiger partial charge in [0, 0.05) is 33.2 Å². The predicted molar refractivity (Wildman–Crippen MR) is 110 cm³/mol. The predicted octanol–water partition coefficient (Wildman–Crippen LogP) is 6.39. The van der Waals surface area contributed by atoms with Crippen molar-refractivity contribution in [2.24, 2.45) is 0 Å². The zero-order chi connectivity index (χ0) is 18.8. The number of allylic oxidation sites excluding steroid dienone is 1. The van der Waals surface area contributed by atoms with Crippen LogP contribution in [0.3, 0.4) is 0 Å². The number of fused-ring (bicyclic) bond motifs is 1. The molecule has 0 aliphatic heterocycles. The third-order valence-electron chi connectivity index (χ3n) is 4.54. The van der Waals surface area contributed by atoms with E-state index in [1.807, 2.05) is 60.7 Å². The molecule has 4 heteroatoms. The van der Waals surface area contributed by atoms with Gasteiger partial charge in [0.25, 0.3) is 0 Å². The van der Waals surface area contributed by atoms with Gasteiger partial charge >= 0.3 is 0 Å². The number of carbonyl (C=O) groups is 1. The van der Waals surface area contributed by atoms with Gasteiger partial charge in [-0.2, -0.15) is 0 Å². The summed E-state index contributed by atoms with van der Waals surface area (Å²) in [5.41, 5.74) is 4.48. The largest absolute Gasteiger partial charge is 0.489 e. The molecule has 1 aliphatic rings. The summed E-state index contributed by atoms with van der Waals surface area (Å²) in [6.07, 6.45) is 2.60. The molecule has 3 aromatic carbocycles. The van der Waals surface area contributed by atoms with Crippen LogP contribution >= 0.6 is 23.2 Å². The Morgan fingerprint density at radius 3 is 2.63 bits per heavy atom. The second-order valence-electron chi connectivity index (χ2n) is 6.43. The van der Waals surface area contributed by atoms with Crippen LogP contribution in [0.1, 0.15) is 27.0 Å². The van der Waals surface area contributed by atoms with Crippen LogP contribution in [-0.4, -0.2) is 5.78 Å². The summed E-state index contributed by atoms with van der Waals surface area (Å²) in [5.74, 6) is 0.822. The SMILES string of the molecule is O=C1/C(=C/c2cccc(OCc3ccc(Cl)cc3Cl)c2)Cc2ccccc21. The van der Waals surface area contributed by atoms with Crippen molar-refractivity contribution in [1.29, 1.82) is 0 Å². The van der Waals surface area contributed by atoms with Gasteiger partial charge < -0.3 is 4.74 Å². The fourth-order valence-corrected chi connectivity index (χ4v) is 3.63. The van der Waals surface area contributed by atoms with Gasteiger partial charge in [-0.1, -0.05) is 65.7 Å². The van der Waals surface area contributed by atoms with Crippen molar-refractivity contribution < 1.29 is 9.53 Å². The second kappa shape index (κ2) is 7.59. The van der Waals surface area contributed by atoms with Crippen LogP contribution in [0.2, 0.25) is 10.0 Å². The summed E-state index contributed by atoms with van der Waals surface area (Å²) in [6.45, 7) is 0.348. The fourth-order valence-electron chi connectivity index (χ4n) is 3.17. The lowest BCUT2D eigenvalue weighted by Gasteiger charge is -2.09. The molecule has 2 nitrogen and oxygen atoms in total. The summed E-state index contributed by atoms with van der Waals surface area (Å²) in [5, 5.41) is 1.18. The van der Waals surface area contributed by atoms with E-state index in [4.69, 9.17) is 27.9 Å². The van der Waals surface area contributed by atoms with Crippen molar-refractivity contribution >= 4 is 35.1 Å². The van der Waals surface area contributed by atoms with E-state index in [0.717, 1.165) is 33.6 Å². The number of benzene rings is 3. The van der Waals surface area contributed by atoms with Gasteiger partial charge in [-0.25, -0.2) is 0 Å². The molecule has 0 saturated carbocycles. The summed E-state index contributed by atoms with van der Waals surface area (Å²) < 4.78 is 5.86. The summed E-state index contributed by atoms with van der Waals surface area (Å²) in [7, 11) is 0. The van der Waals surface area contributed by atoms with Gasteiger partial charge in [-0.3, -0.25) is 4.79 Å². The standard InChI is InChI=1S/C23H16Cl2O2/c24-19-9-8-17(22(25)13-19)14-27-20-6-3-4-15(11-20)10-18-12-16-5-1-2-7-21(16)23(18)26/h1-11,13H,12,14H2/b18-10+. The Morgan fingerprint density at radius 1 is 0.963 bits per heavy atom. The van der Waals surface area contributed by atoms with Crippen LogP contribution in [0.15, 0.2) is 72.3 Å². The van der Waals surface area contributed by atoms with E-state index in [1.54, 1.807) is 12.1 Å². The smallest absolute Gasteiger partial charge is 0.189 e. The monoisotopic (exact) mass is 394 g/mol. The highest BCUT2D eigenvalue weighted by molar-refractivity contribution is 6.35. The molecule has 0 saturated heterocycles. The molecule has 0 bridgehead atoms. The van der Waals surface area contributed by atoms with E-state index in [2.05, 4.69) is 0 Å². The second-order valence-corrected chi connectivity index (χ2v) is 7.27. The number of ether oxygens (including phenoxy) is 1. The maximum absolute atomic E-state index is 12.5. The average Bonchev–Trinajstić information content (AvgIpc) is 2.97. The van der Waals surface area contributed by atoms with Crippen molar-refractivity contribution in [3.05, 3.63) is 105 Å². The number of ketones is 1. The van der Waals surface area contributed by atoms with Crippen molar-refractivity contribution in [3.63, 3.8) is 0 Å². The Balaban J connectivity index is 1.51. The van der Waals surface area contributed by atoms with Gasteiger partial charge in [-0.15, -0.1) is 0 Å². The van der Waals surface area contributed by atoms with Crippen molar-refractivity contribution in [2.45, 2.75) is 13.0 Å². The minimum absolute atomic E-state index is 0.102. The first-order valence-corrected chi connectivity index (χ1v) is 9.36. The van der Waals surface area contributed by atoms with Gasteiger partial charge in [-0.05, 0) is 41.5 Å². The van der Waals surface area contributed by atoms with Gasteiger partial charge in [0.1, 0.15) is 12.4 Å². The van der Waals surface area contributed by atoms with Crippen molar-refractivity contribution in [3.8, 4) is 5.75 Å². The molecule has 3 aromatic rings. The third-order valence-corrected chi connectivity index (χ3v) is 5.13. The zero-order valence-corrected chi connectivity index (χ0v) is 15.9. The first kappa shape index (κ1) is 17.8. The molecule has 0 fully saturated rings. The average molecular weight is 395 g/mol. The van der Waals surface area contributed by atoms with Crippen molar-refractivity contribution in [1.82, 2.24) is 0 Å². The van der Waals surface area contributed by atoms with E-state index < -0.39 is 0 Å². The molecule has 0 spiro atoms. The lowest BCUT2D eigenvalue weighted by molar-refractivity contribution is 0.104. The van der Waals surface area contributed by atoms with Crippen molar-refractivity contribution in [2.75, 3.05) is 0 Å². The highest BCUT2D eigenvalue weighted by Gasteiger charge is 2.23. The van der Waals surface area contributed by atoms with E-state index in [-0.39, 0.29) is 5.78 Å². The zero-order valence-electron chi connectivity index (χ0n) is 14.4. The molecule has 0 aromatic heterocycles. The maximum atomic E-state index is 12.5. The Labute approximate surface area is 168 Å². The molecule has 1 aliphatic carbocycles. The van der Waals surface area contributed by atoms with Gasteiger partial charge in [0.05, 0.1) is 0 Å². The molecule has 0 N–H and O–H groups in total. The number of rotatable bonds is 4. The van der Waals surface area contributed by atoms with Crippen LogP contribution in [0, 0.1) is 0 Å². The van der Waals surface area contributed by atoms with Crippen LogP contribution in [0.25, 0.3) is 6.08 Å². The molecule has 0 amide bonds. The lowest BCUT2D eigenvalue weighted by atomic mass is 10.1. The van der Waals surface area contributed by atoms with Gasteiger partial charge in [0.2, 0.25) is 0 Å². The molecule has 0 radical (unpaired) electrons. The van der Waals surface area contributed by atoms with Crippen LogP contribution < -0.4 is 4.74 Å². The lowest BCUT2D eigenvalue weighted by Crippen LogP contribution is -1.97. The topological polar surface area (TPSA) is 26.3 Å². The summed E-state index contributed by atoms with van der Waals surface area (Å²) in [4.78, 5) is 12.5. The highest BCUT2D eigenvalue weighted by Crippen LogP contribution is 2.28. The normalized spacial score (nSPS) is 14.4. The minimum atomic E-state index is 0.102. The number of carbonyl (C=O) groups excluding carboxylic acids is 1. The molecule has 0 heterocycles. The summed E-state index contributed by atoms with van der Waals surface area (Å²) in [6, 6.07) is 20.8. The highest BCUT2D eigenvalue weighted by atomic mass is 35.5. The molecule has 0 unspecified atom stereocenters. The summed E-state index contributed by atoms with van der Waals surface area (Å²) >= 11 is 12.1.